The second-order valence-electron chi connectivity index (χ2n) is 1.97. The summed E-state index contributed by atoms with van der Waals surface area (Å²) in [5, 5.41) is 10.1. The van der Waals surface area contributed by atoms with Crippen LogP contribution in [0.2, 0.25) is 1.41 Å². The smallest absolute Gasteiger partial charge is 0.122 e. The highest BCUT2D eigenvalue weighted by atomic mass is 16.3. The summed E-state index contributed by atoms with van der Waals surface area (Å²) in [6, 6.07) is 0. The van der Waals surface area contributed by atoms with Crippen LogP contribution in [0.4, 0.5) is 0 Å². The number of aliphatic hydroxyl groups excluding tert-OH is 1. The van der Waals surface area contributed by atoms with Crippen molar-refractivity contribution in [3.05, 3.63) is 0 Å². The second-order valence-corrected chi connectivity index (χ2v) is 1.97. The van der Waals surface area contributed by atoms with Crippen molar-refractivity contribution in [3.63, 3.8) is 0 Å². The average Bonchev–Trinajstić information content (AvgIpc) is 2.14. The molecule has 1 aliphatic heterocycles. The van der Waals surface area contributed by atoms with Crippen molar-refractivity contribution in [2.75, 3.05) is 19.7 Å². The Morgan fingerprint density at radius 2 is 2.86 bits per heavy atom. The van der Waals surface area contributed by atoms with Crippen LogP contribution in [0.1, 0.15) is 6.42 Å². The van der Waals surface area contributed by atoms with Crippen LogP contribution in [-0.2, 0) is 0 Å². The summed E-state index contributed by atoms with van der Waals surface area (Å²) < 4.78 is 7.09. The Bertz CT molecular complexity index is 78.8. The fraction of sp³-hybridized carbons (Fsp3) is 1.00. The van der Waals surface area contributed by atoms with Gasteiger partial charge in [0, 0.05) is 13.2 Å². The van der Waals surface area contributed by atoms with Crippen molar-refractivity contribution in [1.82, 2.24) is 5.31 Å². The van der Waals surface area contributed by atoms with Gasteiger partial charge in [0.15, 0.2) is 0 Å². The molecule has 2 nitrogen and oxygen atoms in total. The molecule has 42 valence electrons. The van der Waals surface area contributed by atoms with Crippen LogP contribution >= 0.6 is 0 Å². The molecule has 0 aliphatic carbocycles. The van der Waals surface area contributed by atoms with Crippen LogP contribution < -0.4 is 5.31 Å². The molecular formula is C5H11NO. The van der Waals surface area contributed by atoms with Gasteiger partial charge >= 0.3 is 0 Å². The zero-order valence-electron chi connectivity index (χ0n) is 5.30. The van der Waals surface area contributed by atoms with E-state index in [0.29, 0.717) is 5.92 Å². The summed E-state index contributed by atoms with van der Waals surface area (Å²) >= 11 is 0. The Morgan fingerprint density at radius 3 is 3.14 bits per heavy atom. The number of rotatable bonds is 1. The molecule has 0 aromatic rings. The molecule has 0 saturated carbocycles. The first-order valence-corrected chi connectivity index (χ1v) is 2.67. The van der Waals surface area contributed by atoms with Crippen molar-refractivity contribution in [1.29, 1.82) is 0 Å². The zero-order valence-corrected chi connectivity index (χ0v) is 4.30. The van der Waals surface area contributed by atoms with Gasteiger partial charge in [0.25, 0.3) is 0 Å². The van der Waals surface area contributed by atoms with Crippen molar-refractivity contribution >= 4 is 0 Å². The quantitative estimate of drug-likeness (QED) is 0.471. The third-order valence-corrected chi connectivity index (χ3v) is 1.34. The first kappa shape index (κ1) is 3.87. The van der Waals surface area contributed by atoms with Gasteiger partial charge in [-0.1, -0.05) is 0 Å². The third-order valence-electron chi connectivity index (χ3n) is 1.34. The first-order chi connectivity index (χ1) is 3.83. The summed E-state index contributed by atoms with van der Waals surface area (Å²) in [5.74, 6) is 0.368. The molecule has 0 spiro atoms. The molecule has 1 rings (SSSR count). The molecule has 2 N–H and O–H groups in total. The van der Waals surface area contributed by atoms with Gasteiger partial charge in [-0.2, -0.15) is 0 Å². The lowest BCUT2D eigenvalue weighted by Gasteiger charge is -1.98. The van der Waals surface area contributed by atoms with Crippen LogP contribution in [-0.4, -0.2) is 24.8 Å². The Morgan fingerprint density at radius 1 is 2.00 bits per heavy atom. The molecule has 2 heteroatoms. The Labute approximate surface area is 45.0 Å². The molecule has 0 aromatic carbocycles. The van der Waals surface area contributed by atoms with Gasteiger partial charge in [-0.15, -0.1) is 0 Å². The molecule has 7 heavy (non-hydrogen) atoms. The maximum Gasteiger partial charge on any atom is 0.122 e. The zero-order chi connectivity index (χ0) is 5.98. The van der Waals surface area contributed by atoms with Crippen molar-refractivity contribution < 1.29 is 6.52 Å². The minimum absolute atomic E-state index is 0.245. The lowest BCUT2D eigenvalue weighted by molar-refractivity contribution is 0.237. The highest BCUT2D eigenvalue weighted by molar-refractivity contribution is 4.68. The Hall–Kier alpha value is -0.0800. The van der Waals surface area contributed by atoms with E-state index in [9.17, 15) is 0 Å². The van der Waals surface area contributed by atoms with Crippen LogP contribution in [0, 0.1) is 5.92 Å². The van der Waals surface area contributed by atoms with Crippen molar-refractivity contribution in [2.45, 2.75) is 6.42 Å². The summed E-state index contributed by atoms with van der Waals surface area (Å²) in [4.78, 5) is 0. The summed E-state index contributed by atoms with van der Waals surface area (Å²) in [7, 11) is 0. The largest absolute Gasteiger partial charge is 0.396 e. The number of hydrogen-bond acceptors (Lipinski definition) is 2. The van der Waals surface area contributed by atoms with Gasteiger partial charge < -0.3 is 10.4 Å². The second kappa shape index (κ2) is 2.28. The molecule has 0 radical (unpaired) electrons. The van der Waals surface area contributed by atoms with Gasteiger partial charge in [0.05, 0.1) is 0 Å². The minimum Gasteiger partial charge on any atom is -0.396 e. The SMILES string of the molecule is [2H]N1CCC(CO)C1. The fourth-order valence-electron chi connectivity index (χ4n) is 0.788. The number of aliphatic hydroxyl groups is 1. The Kier molecular flexibility index (Phi) is 1.26. The monoisotopic (exact) mass is 102 g/mol. The third kappa shape index (κ3) is 1.14. The maximum atomic E-state index is 8.57. The van der Waals surface area contributed by atoms with Gasteiger partial charge in [-0.05, 0) is 18.9 Å². The van der Waals surface area contributed by atoms with Gasteiger partial charge in [0.2, 0.25) is 0 Å². The molecule has 1 unspecified atom stereocenters. The molecule has 1 heterocycles. The maximum absolute atomic E-state index is 8.57. The van der Waals surface area contributed by atoms with Crippen LogP contribution in [0.3, 0.4) is 0 Å². The molecule has 1 aliphatic rings. The molecule has 0 amide bonds. The lowest BCUT2D eigenvalue weighted by atomic mass is 10.1. The van der Waals surface area contributed by atoms with Crippen LogP contribution in [0.25, 0.3) is 0 Å². The van der Waals surface area contributed by atoms with Crippen LogP contribution in [0.5, 0.6) is 0 Å². The van der Waals surface area contributed by atoms with E-state index in [1.54, 1.807) is 0 Å². The van der Waals surface area contributed by atoms with E-state index in [1.807, 2.05) is 0 Å². The summed E-state index contributed by atoms with van der Waals surface area (Å²) in [5.41, 5.74) is 0. The predicted molar refractivity (Wildman–Crippen MR) is 28.1 cm³/mol. The van der Waals surface area contributed by atoms with E-state index in [1.165, 1.54) is 5.31 Å². The first-order valence-electron chi connectivity index (χ1n) is 3.12. The van der Waals surface area contributed by atoms with Gasteiger partial charge in [0.1, 0.15) is 1.41 Å². The predicted octanol–water partition coefficient (Wildman–Crippen LogP) is -0.412. The molecule has 1 saturated heterocycles. The van der Waals surface area contributed by atoms with Crippen molar-refractivity contribution in [2.24, 2.45) is 5.92 Å². The average molecular weight is 102 g/mol. The van der Waals surface area contributed by atoms with E-state index in [0.717, 1.165) is 19.5 Å². The van der Waals surface area contributed by atoms with E-state index in [4.69, 9.17) is 6.52 Å². The van der Waals surface area contributed by atoms with E-state index >= 15 is 0 Å². The Balaban J connectivity index is 2.22. The van der Waals surface area contributed by atoms with Gasteiger partial charge in [-0.25, -0.2) is 0 Å². The minimum atomic E-state index is 0.245. The molecule has 1 atom stereocenters. The summed E-state index contributed by atoms with van der Waals surface area (Å²) in [6.45, 7) is 1.82. The normalized spacial score (nSPS) is 36.1. The van der Waals surface area contributed by atoms with E-state index in [-0.39, 0.29) is 6.61 Å². The molecular weight excluding hydrogens is 90.1 g/mol. The molecule has 1 fully saturated rings. The lowest BCUT2D eigenvalue weighted by Crippen LogP contribution is -2.11. The standard InChI is InChI=1S/C5H11NO/c7-4-5-1-2-6-3-5/h5-7H,1-4H2/i/hD. The highest BCUT2D eigenvalue weighted by Crippen LogP contribution is 2.03. The summed E-state index contributed by atoms with van der Waals surface area (Å²) in [6.07, 6.45) is 0.986. The van der Waals surface area contributed by atoms with Crippen LogP contribution in [0.15, 0.2) is 0 Å². The van der Waals surface area contributed by atoms with E-state index in [2.05, 4.69) is 0 Å². The topological polar surface area (TPSA) is 32.3 Å². The molecule has 0 aromatic heterocycles. The van der Waals surface area contributed by atoms with Gasteiger partial charge in [-0.3, -0.25) is 0 Å². The molecule has 0 bridgehead atoms. The van der Waals surface area contributed by atoms with E-state index < -0.39 is 0 Å². The number of hydrogen-bond donors (Lipinski definition) is 2. The van der Waals surface area contributed by atoms with Crippen molar-refractivity contribution in [3.8, 4) is 0 Å². The fourth-order valence-corrected chi connectivity index (χ4v) is 0.788. The number of nitrogens with one attached hydrogen (secondary N) is 1. The highest BCUT2D eigenvalue weighted by Gasteiger charge is 2.11.